The van der Waals surface area contributed by atoms with Gasteiger partial charge in [-0.15, -0.1) is 0 Å². The molecule has 1 aromatic carbocycles. The molecule has 4 rings (SSSR count). The third-order valence-corrected chi connectivity index (χ3v) is 6.81. The zero-order chi connectivity index (χ0) is 22.0. The number of nitrogens with zero attached hydrogens (tertiary/aromatic N) is 4. The SMILES string of the molecule is CCN(CC)c1ccc(CN2CCc3c(nc(N4CCC(C)CC4)[nH]c3=O)C2)c(O)c1. The van der Waals surface area contributed by atoms with Gasteiger partial charge >= 0.3 is 0 Å². The first-order valence-electron chi connectivity index (χ1n) is 11.6. The molecule has 2 aliphatic heterocycles. The molecule has 0 bridgehead atoms. The minimum absolute atomic E-state index is 0.00435. The first-order valence-corrected chi connectivity index (χ1v) is 11.6. The first-order chi connectivity index (χ1) is 15.0. The summed E-state index contributed by atoms with van der Waals surface area (Å²) < 4.78 is 0. The van der Waals surface area contributed by atoms with Crippen molar-refractivity contribution in [1.29, 1.82) is 0 Å². The molecule has 31 heavy (non-hydrogen) atoms. The Labute approximate surface area is 184 Å². The van der Waals surface area contributed by atoms with Gasteiger partial charge in [0.15, 0.2) is 0 Å². The third kappa shape index (κ3) is 4.71. The average Bonchev–Trinajstić information content (AvgIpc) is 2.76. The number of benzene rings is 1. The van der Waals surface area contributed by atoms with E-state index in [1.165, 1.54) is 0 Å². The second-order valence-electron chi connectivity index (χ2n) is 8.93. The van der Waals surface area contributed by atoms with E-state index in [0.717, 1.165) is 74.0 Å². The molecule has 0 radical (unpaired) electrons. The highest BCUT2D eigenvalue weighted by molar-refractivity contribution is 5.53. The number of hydrogen-bond donors (Lipinski definition) is 2. The number of phenols is 1. The number of nitrogens with one attached hydrogen (secondary N) is 1. The molecule has 2 N–H and O–H groups in total. The standard InChI is InChI=1S/C24H35N5O2/c1-4-28(5-2)19-7-6-18(22(30)14-19)15-27-11-10-20-21(16-27)25-24(26-23(20)31)29-12-8-17(3)9-13-29/h6-7,14,17,30H,4-5,8-13,15-16H2,1-3H3,(H,25,26,31). The van der Waals surface area contributed by atoms with Crippen molar-refractivity contribution in [3.05, 3.63) is 45.4 Å². The van der Waals surface area contributed by atoms with Crippen molar-refractivity contribution in [3.63, 3.8) is 0 Å². The average molecular weight is 426 g/mol. The number of fused-ring (bicyclic) bond motifs is 1. The Morgan fingerprint density at radius 2 is 1.94 bits per heavy atom. The minimum Gasteiger partial charge on any atom is -0.508 e. The largest absolute Gasteiger partial charge is 0.508 e. The van der Waals surface area contributed by atoms with Gasteiger partial charge in [0.25, 0.3) is 5.56 Å². The second kappa shape index (κ2) is 9.30. The van der Waals surface area contributed by atoms with Gasteiger partial charge in [-0.3, -0.25) is 14.7 Å². The van der Waals surface area contributed by atoms with E-state index in [-0.39, 0.29) is 5.56 Å². The van der Waals surface area contributed by atoms with Gasteiger partial charge in [0.2, 0.25) is 5.95 Å². The van der Waals surface area contributed by atoms with E-state index in [4.69, 9.17) is 4.98 Å². The van der Waals surface area contributed by atoms with Crippen molar-refractivity contribution in [2.24, 2.45) is 5.92 Å². The molecule has 168 valence electrons. The van der Waals surface area contributed by atoms with Gasteiger partial charge in [0.05, 0.1) is 5.69 Å². The number of rotatable bonds is 6. The van der Waals surface area contributed by atoms with E-state index < -0.39 is 0 Å². The van der Waals surface area contributed by atoms with Crippen molar-refractivity contribution in [2.45, 2.75) is 53.1 Å². The fourth-order valence-corrected chi connectivity index (χ4v) is 4.70. The number of piperidine rings is 1. The fraction of sp³-hybridized carbons (Fsp3) is 0.583. The maximum atomic E-state index is 12.7. The van der Waals surface area contributed by atoms with Crippen molar-refractivity contribution in [2.75, 3.05) is 42.5 Å². The Morgan fingerprint density at radius 1 is 1.19 bits per heavy atom. The molecule has 0 saturated carbocycles. The van der Waals surface area contributed by atoms with Crippen LogP contribution in [0, 0.1) is 5.92 Å². The highest BCUT2D eigenvalue weighted by Gasteiger charge is 2.24. The van der Waals surface area contributed by atoms with E-state index >= 15 is 0 Å². The van der Waals surface area contributed by atoms with Crippen molar-refractivity contribution in [1.82, 2.24) is 14.9 Å². The predicted octanol–water partition coefficient (Wildman–Crippen LogP) is 3.12. The second-order valence-corrected chi connectivity index (χ2v) is 8.93. The number of H-pyrrole nitrogens is 1. The Hall–Kier alpha value is -2.54. The summed E-state index contributed by atoms with van der Waals surface area (Å²) in [7, 11) is 0. The van der Waals surface area contributed by atoms with Gasteiger partial charge in [0, 0.05) is 68.7 Å². The lowest BCUT2D eigenvalue weighted by molar-refractivity contribution is 0.237. The molecule has 7 heteroatoms. The van der Waals surface area contributed by atoms with Crippen LogP contribution in [0.15, 0.2) is 23.0 Å². The molecule has 0 amide bonds. The molecule has 0 spiro atoms. The van der Waals surface area contributed by atoms with Crippen LogP contribution in [-0.4, -0.2) is 52.7 Å². The van der Waals surface area contributed by atoms with Crippen LogP contribution in [-0.2, 0) is 19.5 Å². The first kappa shape index (κ1) is 21.7. The van der Waals surface area contributed by atoms with Gasteiger partial charge in [-0.2, -0.15) is 0 Å². The molecule has 7 nitrogen and oxygen atoms in total. The Kier molecular flexibility index (Phi) is 6.51. The lowest BCUT2D eigenvalue weighted by atomic mass is 9.99. The van der Waals surface area contributed by atoms with Gasteiger partial charge < -0.3 is 14.9 Å². The summed E-state index contributed by atoms with van der Waals surface area (Å²) in [6.45, 7) is 12.3. The normalized spacial score (nSPS) is 17.6. The van der Waals surface area contributed by atoms with Crippen molar-refractivity contribution >= 4 is 11.6 Å². The number of phenolic OH excluding ortho intramolecular Hbond substituents is 1. The monoisotopic (exact) mass is 425 g/mol. The molecule has 2 aromatic rings. The summed E-state index contributed by atoms with van der Waals surface area (Å²) in [5.41, 5.74) is 3.65. The van der Waals surface area contributed by atoms with E-state index in [1.807, 2.05) is 12.1 Å². The number of anilines is 2. The summed E-state index contributed by atoms with van der Waals surface area (Å²) in [6.07, 6.45) is 2.96. The third-order valence-electron chi connectivity index (χ3n) is 6.81. The summed E-state index contributed by atoms with van der Waals surface area (Å²) >= 11 is 0. The van der Waals surface area contributed by atoms with E-state index in [2.05, 4.69) is 46.5 Å². The molecule has 2 aliphatic rings. The predicted molar refractivity (Wildman–Crippen MR) is 125 cm³/mol. The highest BCUT2D eigenvalue weighted by atomic mass is 16.3. The molecule has 0 unspecified atom stereocenters. The minimum atomic E-state index is 0.00435. The number of hydrogen-bond acceptors (Lipinski definition) is 6. The molecule has 1 fully saturated rings. The van der Waals surface area contributed by atoms with Gasteiger partial charge in [-0.25, -0.2) is 4.98 Å². The maximum absolute atomic E-state index is 12.7. The van der Waals surface area contributed by atoms with E-state index in [1.54, 1.807) is 0 Å². The Bertz CT molecular complexity index is 961. The number of aromatic nitrogens is 2. The fourth-order valence-electron chi connectivity index (χ4n) is 4.70. The van der Waals surface area contributed by atoms with Gasteiger partial charge in [-0.05, 0) is 45.1 Å². The van der Waals surface area contributed by atoms with Crippen LogP contribution in [0.4, 0.5) is 11.6 Å². The highest BCUT2D eigenvalue weighted by Crippen LogP contribution is 2.28. The number of aromatic hydroxyl groups is 1. The Balaban J connectivity index is 1.49. The molecular formula is C24H35N5O2. The molecule has 0 atom stereocenters. The summed E-state index contributed by atoms with van der Waals surface area (Å²) in [4.78, 5) is 27.3. The molecule has 1 aromatic heterocycles. The molecule has 3 heterocycles. The lowest BCUT2D eigenvalue weighted by Gasteiger charge is -2.32. The zero-order valence-corrected chi connectivity index (χ0v) is 19.0. The van der Waals surface area contributed by atoms with Gasteiger partial charge in [0.1, 0.15) is 5.75 Å². The van der Waals surface area contributed by atoms with E-state index in [9.17, 15) is 9.90 Å². The van der Waals surface area contributed by atoms with Crippen LogP contribution in [0.3, 0.4) is 0 Å². The summed E-state index contributed by atoms with van der Waals surface area (Å²) in [6, 6.07) is 5.96. The zero-order valence-electron chi connectivity index (χ0n) is 19.0. The van der Waals surface area contributed by atoms with Crippen LogP contribution in [0.2, 0.25) is 0 Å². The molecular weight excluding hydrogens is 390 g/mol. The Morgan fingerprint density at radius 3 is 2.61 bits per heavy atom. The smallest absolute Gasteiger partial charge is 0.255 e. The van der Waals surface area contributed by atoms with Crippen LogP contribution < -0.4 is 15.4 Å². The molecule has 1 saturated heterocycles. The summed E-state index contributed by atoms with van der Waals surface area (Å²) in [5, 5.41) is 10.6. The van der Waals surface area contributed by atoms with Crippen LogP contribution >= 0.6 is 0 Å². The van der Waals surface area contributed by atoms with E-state index in [0.29, 0.717) is 31.2 Å². The van der Waals surface area contributed by atoms with Crippen LogP contribution in [0.25, 0.3) is 0 Å². The van der Waals surface area contributed by atoms with Gasteiger partial charge in [-0.1, -0.05) is 13.0 Å². The van der Waals surface area contributed by atoms with Crippen molar-refractivity contribution in [3.8, 4) is 5.75 Å². The van der Waals surface area contributed by atoms with Crippen LogP contribution in [0.1, 0.15) is 50.4 Å². The molecule has 0 aliphatic carbocycles. The lowest BCUT2D eigenvalue weighted by Crippen LogP contribution is -2.39. The topological polar surface area (TPSA) is 75.7 Å². The number of aromatic amines is 1. The quantitative estimate of drug-likeness (QED) is 0.741. The maximum Gasteiger partial charge on any atom is 0.255 e. The van der Waals surface area contributed by atoms with Crippen LogP contribution in [0.5, 0.6) is 5.75 Å². The summed E-state index contributed by atoms with van der Waals surface area (Å²) in [5.74, 6) is 1.78. The van der Waals surface area contributed by atoms with Crippen molar-refractivity contribution < 1.29 is 5.11 Å².